The molecule has 0 spiro atoms. The lowest BCUT2D eigenvalue weighted by Crippen LogP contribution is -2.53. The highest BCUT2D eigenvalue weighted by Gasteiger charge is 2.24. The van der Waals surface area contributed by atoms with Gasteiger partial charge in [-0.1, -0.05) is 18.6 Å². The lowest BCUT2D eigenvalue weighted by Gasteiger charge is -2.34. The van der Waals surface area contributed by atoms with Gasteiger partial charge >= 0.3 is 0 Å². The Labute approximate surface area is 136 Å². The molecule has 1 aromatic rings. The summed E-state index contributed by atoms with van der Waals surface area (Å²) in [5.74, 6) is -0.205. The van der Waals surface area contributed by atoms with Gasteiger partial charge in [-0.3, -0.25) is 4.79 Å². The molecule has 1 amide bonds. The highest BCUT2D eigenvalue weighted by Crippen LogP contribution is 2.23. The minimum Gasteiger partial charge on any atom is -0.366 e. The van der Waals surface area contributed by atoms with Crippen molar-refractivity contribution in [2.45, 2.75) is 44.2 Å². The fraction of sp³-hybridized carbons (Fsp3) is 0.500. The predicted octanol–water partition coefficient (Wildman–Crippen LogP) is 1.95. The lowest BCUT2D eigenvalue weighted by atomic mass is 9.91. The molecule has 23 heavy (non-hydrogen) atoms. The van der Waals surface area contributed by atoms with Crippen molar-refractivity contribution in [3.63, 3.8) is 0 Å². The molecule has 5 heteroatoms. The van der Waals surface area contributed by atoms with Gasteiger partial charge in [0.25, 0.3) is 0 Å². The quantitative estimate of drug-likeness (QED) is 0.896. The number of carbonyl (C=O) groups is 1. The maximum absolute atomic E-state index is 13.0. The van der Waals surface area contributed by atoms with Gasteiger partial charge in [0.1, 0.15) is 5.82 Å². The molecular weight excluding hydrogens is 293 g/mol. The molecule has 2 aliphatic rings. The van der Waals surface area contributed by atoms with E-state index in [-0.39, 0.29) is 23.8 Å². The maximum Gasteiger partial charge on any atom is 0.239 e. The Morgan fingerprint density at radius 3 is 2.83 bits per heavy atom. The zero-order chi connectivity index (χ0) is 16.2. The standard InChI is InChI=1S/C18H24FN3O/c19-15-7-5-13(6-8-15)9-16-11-22(12-18(23)21-16)10-14-3-1-2-4-17(14)20/h5-8,10,16-17H,1-4,9,11-12,20H2,(H,21,23)/b14-10-/t16-,17+/m0/s1. The SMILES string of the molecule is N[C@@H]1CCCC/C1=C/N1CC(=O)N[C@@H](Cc2ccc(F)cc2)C1. The number of nitrogens with two attached hydrogens (primary N) is 1. The van der Waals surface area contributed by atoms with E-state index in [1.54, 1.807) is 12.1 Å². The minimum atomic E-state index is -0.237. The van der Waals surface area contributed by atoms with Crippen LogP contribution in [0.4, 0.5) is 4.39 Å². The van der Waals surface area contributed by atoms with Crippen LogP contribution < -0.4 is 11.1 Å². The third-order valence-electron chi connectivity index (χ3n) is 4.62. The van der Waals surface area contributed by atoms with Gasteiger partial charge in [-0.05, 0) is 49.0 Å². The van der Waals surface area contributed by atoms with Crippen molar-refractivity contribution in [2.75, 3.05) is 13.1 Å². The number of benzene rings is 1. The first kappa shape index (κ1) is 16.0. The molecule has 0 unspecified atom stereocenters. The van der Waals surface area contributed by atoms with Crippen molar-refractivity contribution in [1.82, 2.24) is 10.2 Å². The fourth-order valence-electron chi connectivity index (χ4n) is 3.43. The largest absolute Gasteiger partial charge is 0.366 e. The van der Waals surface area contributed by atoms with Crippen LogP contribution in [0.1, 0.15) is 31.2 Å². The number of rotatable bonds is 3. The van der Waals surface area contributed by atoms with E-state index in [1.165, 1.54) is 30.5 Å². The number of carbonyl (C=O) groups excluding carboxylic acids is 1. The van der Waals surface area contributed by atoms with Crippen LogP contribution in [-0.4, -0.2) is 36.0 Å². The number of nitrogens with one attached hydrogen (secondary N) is 1. The third kappa shape index (κ3) is 4.32. The van der Waals surface area contributed by atoms with Crippen LogP contribution in [0.15, 0.2) is 36.0 Å². The molecule has 1 aliphatic heterocycles. The van der Waals surface area contributed by atoms with Gasteiger partial charge in [0.2, 0.25) is 5.91 Å². The molecule has 2 fully saturated rings. The molecule has 0 radical (unpaired) electrons. The summed E-state index contributed by atoms with van der Waals surface area (Å²) >= 11 is 0. The van der Waals surface area contributed by atoms with Crippen molar-refractivity contribution in [3.05, 3.63) is 47.4 Å². The molecule has 1 saturated heterocycles. The van der Waals surface area contributed by atoms with E-state index in [2.05, 4.69) is 16.4 Å². The van der Waals surface area contributed by atoms with Crippen LogP contribution in [0.5, 0.6) is 0 Å². The van der Waals surface area contributed by atoms with Crippen LogP contribution in [0.3, 0.4) is 0 Å². The molecular formula is C18H24FN3O. The van der Waals surface area contributed by atoms with Gasteiger partial charge in [-0.2, -0.15) is 0 Å². The predicted molar refractivity (Wildman–Crippen MR) is 88.1 cm³/mol. The van der Waals surface area contributed by atoms with E-state index in [0.29, 0.717) is 13.0 Å². The van der Waals surface area contributed by atoms with E-state index in [9.17, 15) is 9.18 Å². The van der Waals surface area contributed by atoms with Crippen LogP contribution in [0, 0.1) is 5.82 Å². The number of amides is 1. The Balaban J connectivity index is 1.65. The van der Waals surface area contributed by atoms with Gasteiger partial charge in [-0.25, -0.2) is 4.39 Å². The summed E-state index contributed by atoms with van der Waals surface area (Å²) in [5.41, 5.74) is 8.46. The van der Waals surface area contributed by atoms with E-state index in [0.717, 1.165) is 24.9 Å². The van der Waals surface area contributed by atoms with Crippen LogP contribution in [-0.2, 0) is 11.2 Å². The summed E-state index contributed by atoms with van der Waals surface area (Å²) < 4.78 is 13.0. The van der Waals surface area contributed by atoms with Crippen LogP contribution in [0.25, 0.3) is 0 Å². The first-order valence-electron chi connectivity index (χ1n) is 8.34. The smallest absolute Gasteiger partial charge is 0.239 e. The normalized spacial score (nSPS) is 27.1. The van der Waals surface area contributed by atoms with Gasteiger partial charge in [0, 0.05) is 18.8 Å². The van der Waals surface area contributed by atoms with E-state index in [1.807, 2.05) is 0 Å². The second kappa shape index (κ2) is 7.13. The molecule has 1 saturated carbocycles. The van der Waals surface area contributed by atoms with Crippen molar-refractivity contribution >= 4 is 5.91 Å². The topological polar surface area (TPSA) is 58.4 Å². The number of halogens is 1. The van der Waals surface area contributed by atoms with Crippen LogP contribution in [0.2, 0.25) is 0 Å². The Morgan fingerprint density at radius 1 is 1.30 bits per heavy atom. The van der Waals surface area contributed by atoms with Gasteiger partial charge in [0.05, 0.1) is 12.6 Å². The molecule has 2 atom stereocenters. The number of hydrogen-bond acceptors (Lipinski definition) is 3. The summed E-state index contributed by atoms with van der Waals surface area (Å²) in [7, 11) is 0. The average Bonchev–Trinajstić information content (AvgIpc) is 2.51. The third-order valence-corrected chi connectivity index (χ3v) is 4.62. The van der Waals surface area contributed by atoms with Crippen LogP contribution >= 0.6 is 0 Å². The van der Waals surface area contributed by atoms with Gasteiger partial charge in [0.15, 0.2) is 0 Å². The van der Waals surface area contributed by atoms with Gasteiger partial charge < -0.3 is 16.0 Å². The summed E-state index contributed by atoms with van der Waals surface area (Å²) in [6.07, 6.45) is 7.23. The first-order chi connectivity index (χ1) is 11.1. The molecule has 1 aromatic carbocycles. The Kier molecular flexibility index (Phi) is 4.96. The minimum absolute atomic E-state index is 0.0320. The van der Waals surface area contributed by atoms with E-state index in [4.69, 9.17) is 5.73 Å². The zero-order valence-corrected chi connectivity index (χ0v) is 13.3. The van der Waals surface area contributed by atoms with E-state index < -0.39 is 0 Å². The monoisotopic (exact) mass is 317 g/mol. The molecule has 4 nitrogen and oxygen atoms in total. The average molecular weight is 317 g/mol. The second-order valence-electron chi connectivity index (χ2n) is 6.58. The summed E-state index contributed by atoms with van der Waals surface area (Å²) in [4.78, 5) is 14.1. The Hall–Kier alpha value is -1.88. The number of piperazine rings is 1. The van der Waals surface area contributed by atoms with Crippen molar-refractivity contribution in [3.8, 4) is 0 Å². The Morgan fingerprint density at radius 2 is 2.09 bits per heavy atom. The maximum atomic E-state index is 13.0. The summed E-state index contributed by atoms with van der Waals surface area (Å²) in [6, 6.07) is 6.63. The highest BCUT2D eigenvalue weighted by molar-refractivity contribution is 5.79. The number of hydrogen-bond donors (Lipinski definition) is 2. The molecule has 0 aromatic heterocycles. The van der Waals surface area contributed by atoms with E-state index >= 15 is 0 Å². The van der Waals surface area contributed by atoms with Crippen molar-refractivity contribution in [2.24, 2.45) is 5.73 Å². The lowest BCUT2D eigenvalue weighted by molar-refractivity contribution is -0.124. The van der Waals surface area contributed by atoms with Crippen molar-refractivity contribution in [1.29, 1.82) is 0 Å². The fourth-order valence-corrected chi connectivity index (χ4v) is 3.43. The Bertz CT molecular complexity index is 584. The molecule has 3 rings (SSSR count). The highest BCUT2D eigenvalue weighted by atomic mass is 19.1. The van der Waals surface area contributed by atoms with Crippen molar-refractivity contribution < 1.29 is 9.18 Å². The second-order valence-corrected chi connectivity index (χ2v) is 6.58. The molecule has 124 valence electrons. The molecule has 3 N–H and O–H groups in total. The summed E-state index contributed by atoms with van der Waals surface area (Å²) in [6.45, 7) is 1.15. The molecule has 0 bridgehead atoms. The zero-order valence-electron chi connectivity index (χ0n) is 13.3. The molecule has 1 aliphatic carbocycles. The summed E-state index contributed by atoms with van der Waals surface area (Å²) in [5, 5.41) is 3.02. The van der Waals surface area contributed by atoms with Gasteiger partial charge in [-0.15, -0.1) is 0 Å². The first-order valence-corrected chi connectivity index (χ1v) is 8.34. The number of nitrogens with zero attached hydrogens (tertiary/aromatic N) is 1. The molecule has 1 heterocycles.